The highest BCUT2D eigenvalue weighted by molar-refractivity contribution is 7.92. The van der Waals surface area contributed by atoms with Gasteiger partial charge in [0, 0.05) is 17.8 Å². The molecule has 1 aliphatic heterocycles. The number of carbonyl (C=O) groups is 1. The normalized spacial score (nSPS) is 15.4. The fourth-order valence-electron chi connectivity index (χ4n) is 3.75. The second-order valence-electron chi connectivity index (χ2n) is 7.25. The fraction of sp³-hybridized carbons (Fsp3) is 0.217. The summed E-state index contributed by atoms with van der Waals surface area (Å²) in [6, 6.07) is 16.7. The number of benzene rings is 2. The summed E-state index contributed by atoms with van der Waals surface area (Å²) < 4.78 is 33.8. The monoisotopic (exact) mass is 437 g/mol. The molecule has 0 spiro atoms. The molecular weight excluding hydrogens is 414 g/mol. The average molecular weight is 438 g/mol. The van der Waals surface area contributed by atoms with E-state index < -0.39 is 15.9 Å². The number of hydrogen-bond donors (Lipinski definition) is 1. The van der Waals surface area contributed by atoms with Gasteiger partial charge in [-0.1, -0.05) is 24.3 Å². The van der Waals surface area contributed by atoms with Crippen LogP contribution in [0.4, 0.5) is 11.4 Å². The van der Waals surface area contributed by atoms with Gasteiger partial charge < -0.3 is 10.1 Å². The summed E-state index contributed by atoms with van der Waals surface area (Å²) in [6.45, 7) is 4.11. The fourth-order valence-corrected chi connectivity index (χ4v) is 5.49. The summed E-state index contributed by atoms with van der Waals surface area (Å²) in [7, 11) is -3.83. The molecule has 31 heavy (non-hydrogen) atoms. The van der Waals surface area contributed by atoms with Crippen LogP contribution in [-0.4, -0.2) is 32.0 Å². The summed E-state index contributed by atoms with van der Waals surface area (Å²) >= 11 is 0. The number of ether oxygens (including phenoxy) is 1. The number of hydrogen-bond acceptors (Lipinski definition) is 5. The van der Waals surface area contributed by atoms with Crippen molar-refractivity contribution in [2.45, 2.75) is 31.2 Å². The number of nitrogens with zero attached hydrogens (tertiary/aromatic N) is 2. The van der Waals surface area contributed by atoms with Crippen molar-refractivity contribution in [3.05, 3.63) is 78.0 Å². The van der Waals surface area contributed by atoms with E-state index in [4.69, 9.17) is 4.74 Å². The van der Waals surface area contributed by atoms with Gasteiger partial charge in [-0.3, -0.25) is 9.10 Å². The van der Waals surface area contributed by atoms with Crippen molar-refractivity contribution >= 4 is 27.3 Å². The standard InChI is InChI=1S/C23H23N3O4S/c1-3-30-23-20(11-7-13-24-23)25-22(27)18-9-6-10-19(15-18)31(28,29)26-16(2)14-17-8-4-5-12-21(17)26/h4-13,15-16H,3,14H2,1-2H3,(H,25,27). The van der Waals surface area contributed by atoms with Gasteiger partial charge in [-0.15, -0.1) is 0 Å². The molecule has 8 heteroatoms. The molecule has 1 N–H and O–H groups in total. The van der Waals surface area contributed by atoms with Crippen molar-refractivity contribution < 1.29 is 17.9 Å². The maximum absolute atomic E-state index is 13.4. The molecule has 1 unspecified atom stereocenters. The molecule has 7 nitrogen and oxygen atoms in total. The molecule has 4 rings (SSSR count). The molecule has 0 saturated heterocycles. The summed E-state index contributed by atoms with van der Waals surface area (Å²) in [6.07, 6.45) is 2.22. The first-order valence-corrected chi connectivity index (χ1v) is 11.5. The number of nitrogens with one attached hydrogen (secondary N) is 1. The van der Waals surface area contributed by atoms with Crippen molar-refractivity contribution in [1.82, 2.24) is 4.98 Å². The minimum absolute atomic E-state index is 0.0694. The molecule has 1 amide bonds. The average Bonchev–Trinajstić information content (AvgIpc) is 3.11. The van der Waals surface area contributed by atoms with Crippen LogP contribution in [0.1, 0.15) is 29.8 Å². The Balaban J connectivity index is 1.64. The van der Waals surface area contributed by atoms with E-state index in [1.165, 1.54) is 16.4 Å². The Hall–Kier alpha value is -3.39. The van der Waals surface area contributed by atoms with Crippen LogP contribution in [0.3, 0.4) is 0 Å². The second kappa shape index (κ2) is 8.39. The van der Waals surface area contributed by atoms with Crippen LogP contribution in [-0.2, 0) is 16.4 Å². The van der Waals surface area contributed by atoms with E-state index in [-0.39, 0.29) is 16.5 Å². The van der Waals surface area contributed by atoms with Gasteiger partial charge >= 0.3 is 0 Å². The smallest absolute Gasteiger partial charge is 0.264 e. The van der Waals surface area contributed by atoms with E-state index in [9.17, 15) is 13.2 Å². The van der Waals surface area contributed by atoms with E-state index >= 15 is 0 Å². The highest BCUT2D eigenvalue weighted by Crippen LogP contribution is 2.36. The van der Waals surface area contributed by atoms with E-state index in [2.05, 4.69) is 10.3 Å². The third-order valence-corrected chi connectivity index (χ3v) is 7.02. The Labute approximate surface area is 181 Å². The Morgan fingerprint density at radius 3 is 2.77 bits per heavy atom. The summed E-state index contributed by atoms with van der Waals surface area (Å²) in [4.78, 5) is 17.0. The van der Waals surface area contributed by atoms with Crippen molar-refractivity contribution in [1.29, 1.82) is 0 Å². The Kier molecular flexibility index (Phi) is 5.65. The van der Waals surface area contributed by atoms with Crippen LogP contribution in [0.15, 0.2) is 71.8 Å². The molecule has 0 radical (unpaired) electrons. The zero-order valence-corrected chi connectivity index (χ0v) is 18.1. The number of fused-ring (bicyclic) bond motifs is 1. The van der Waals surface area contributed by atoms with Gasteiger partial charge in [0.25, 0.3) is 15.9 Å². The third kappa shape index (κ3) is 3.98. The lowest BCUT2D eigenvalue weighted by Crippen LogP contribution is -2.35. The number of rotatable bonds is 6. The highest BCUT2D eigenvalue weighted by atomic mass is 32.2. The third-order valence-electron chi connectivity index (χ3n) is 5.10. The first kappa shape index (κ1) is 20.9. The quantitative estimate of drug-likeness (QED) is 0.632. The Morgan fingerprint density at radius 2 is 1.97 bits per heavy atom. The highest BCUT2D eigenvalue weighted by Gasteiger charge is 2.36. The predicted octanol–water partition coefficient (Wildman–Crippen LogP) is 3.87. The predicted molar refractivity (Wildman–Crippen MR) is 119 cm³/mol. The molecule has 0 saturated carbocycles. The summed E-state index contributed by atoms with van der Waals surface area (Å²) in [5.74, 6) is -0.134. The van der Waals surface area contributed by atoms with Crippen molar-refractivity contribution in [3.63, 3.8) is 0 Å². The summed E-state index contributed by atoms with van der Waals surface area (Å²) in [5, 5.41) is 2.75. The van der Waals surface area contributed by atoms with Crippen molar-refractivity contribution in [2.24, 2.45) is 0 Å². The lowest BCUT2D eigenvalue weighted by atomic mass is 10.1. The molecule has 1 aliphatic rings. The second-order valence-corrected chi connectivity index (χ2v) is 9.07. The van der Waals surface area contributed by atoms with Crippen LogP contribution in [0.5, 0.6) is 5.88 Å². The van der Waals surface area contributed by atoms with Gasteiger partial charge in [-0.2, -0.15) is 0 Å². The van der Waals surface area contributed by atoms with Crippen LogP contribution in [0, 0.1) is 0 Å². The molecule has 1 aromatic heterocycles. The minimum atomic E-state index is -3.83. The number of carbonyl (C=O) groups excluding carboxylic acids is 1. The topological polar surface area (TPSA) is 88.6 Å². The number of pyridine rings is 1. The van der Waals surface area contributed by atoms with E-state index in [0.29, 0.717) is 30.3 Å². The minimum Gasteiger partial charge on any atom is -0.476 e. The largest absolute Gasteiger partial charge is 0.476 e. The zero-order valence-electron chi connectivity index (χ0n) is 17.3. The van der Waals surface area contributed by atoms with Crippen LogP contribution >= 0.6 is 0 Å². The van der Waals surface area contributed by atoms with Crippen LogP contribution in [0.25, 0.3) is 0 Å². The van der Waals surface area contributed by atoms with Gasteiger partial charge in [0.2, 0.25) is 5.88 Å². The Bertz CT molecular complexity index is 1230. The first-order valence-electron chi connectivity index (χ1n) is 10.0. The van der Waals surface area contributed by atoms with Crippen LogP contribution in [0.2, 0.25) is 0 Å². The Morgan fingerprint density at radius 1 is 1.16 bits per heavy atom. The maximum Gasteiger partial charge on any atom is 0.264 e. The van der Waals surface area contributed by atoms with E-state index in [1.807, 2.05) is 38.1 Å². The van der Waals surface area contributed by atoms with Gasteiger partial charge in [0.05, 0.1) is 17.2 Å². The lowest BCUT2D eigenvalue weighted by molar-refractivity contribution is 0.102. The molecule has 160 valence electrons. The molecular formula is C23H23N3O4S. The van der Waals surface area contributed by atoms with E-state index in [1.54, 1.807) is 30.5 Å². The number of amides is 1. The molecule has 1 atom stereocenters. The molecule has 0 fully saturated rings. The van der Waals surface area contributed by atoms with Gasteiger partial charge in [0.1, 0.15) is 5.69 Å². The number of anilines is 2. The SMILES string of the molecule is CCOc1ncccc1NC(=O)c1cccc(S(=O)(=O)N2c3ccccc3CC2C)c1. The molecule has 0 aliphatic carbocycles. The maximum atomic E-state index is 13.4. The molecule has 3 aromatic rings. The zero-order chi connectivity index (χ0) is 22.0. The van der Waals surface area contributed by atoms with Crippen LogP contribution < -0.4 is 14.4 Å². The number of aromatic nitrogens is 1. The van der Waals surface area contributed by atoms with Crippen molar-refractivity contribution in [2.75, 3.05) is 16.2 Å². The first-order chi connectivity index (χ1) is 14.9. The number of sulfonamides is 1. The van der Waals surface area contributed by atoms with Gasteiger partial charge in [-0.25, -0.2) is 13.4 Å². The van der Waals surface area contributed by atoms with Crippen molar-refractivity contribution in [3.8, 4) is 5.88 Å². The summed E-state index contributed by atoms with van der Waals surface area (Å²) in [5.41, 5.74) is 2.33. The molecule has 0 bridgehead atoms. The number of para-hydroxylation sites is 1. The van der Waals surface area contributed by atoms with Gasteiger partial charge in [-0.05, 0) is 62.2 Å². The van der Waals surface area contributed by atoms with E-state index in [0.717, 1.165) is 5.56 Å². The lowest BCUT2D eigenvalue weighted by Gasteiger charge is -2.24. The molecule has 2 aromatic carbocycles. The van der Waals surface area contributed by atoms with Gasteiger partial charge in [0.15, 0.2) is 0 Å². The molecule has 2 heterocycles.